The molecule has 0 aliphatic heterocycles. The molecule has 0 unspecified atom stereocenters. The van der Waals surface area contributed by atoms with E-state index < -0.39 is 9.84 Å². The molecule has 0 amide bonds. The topological polar surface area (TPSA) is 69.4 Å². The molecular formula is C10H16ClNO3S. The molecule has 0 saturated heterocycles. The van der Waals surface area contributed by atoms with Gasteiger partial charge in [0.05, 0.1) is 12.9 Å². The van der Waals surface area contributed by atoms with E-state index in [2.05, 4.69) is 0 Å². The number of hydrogen-bond donors (Lipinski definition) is 1. The second kappa shape index (κ2) is 5.96. The second-order valence-corrected chi connectivity index (χ2v) is 5.70. The molecular weight excluding hydrogens is 250 g/mol. The smallest absolute Gasteiger partial charge is 0.147 e. The van der Waals surface area contributed by atoms with Gasteiger partial charge in [0.1, 0.15) is 15.6 Å². The van der Waals surface area contributed by atoms with Crippen LogP contribution in [0.3, 0.4) is 0 Å². The van der Waals surface area contributed by atoms with Crippen LogP contribution in [0.1, 0.15) is 5.56 Å². The van der Waals surface area contributed by atoms with Crippen molar-refractivity contribution in [3.63, 3.8) is 0 Å². The van der Waals surface area contributed by atoms with Gasteiger partial charge >= 0.3 is 0 Å². The van der Waals surface area contributed by atoms with Crippen LogP contribution in [0.25, 0.3) is 0 Å². The van der Waals surface area contributed by atoms with Crippen molar-refractivity contribution in [3.05, 3.63) is 23.8 Å². The molecule has 2 N–H and O–H groups in total. The summed E-state index contributed by atoms with van der Waals surface area (Å²) in [5, 5.41) is 0. The molecule has 92 valence electrons. The number of halogens is 1. The minimum Gasteiger partial charge on any atom is -0.497 e. The molecule has 0 aliphatic carbocycles. The van der Waals surface area contributed by atoms with E-state index in [0.29, 0.717) is 17.9 Å². The van der Waals surface area contributed by atoms with E-state index in [0.717, 1.165) is 5.56 Å². The summed E-state index contributed by atoms with van der Waals surface area (Å²) in [5.74, 6) is 0.791. The van der Waals surface area contributed by atoms with Gasteiger partial charge in [-0.25, -0.2) is 8.42 Å². The van der Waals surface area contributed by atoms with Crippen molar-refractivity contribution in [1.29, 1.82) is 0 Å². The van der Waals surface area contributed by atoms with Crippen LogP contribution in [-0.4, -0.2) is 27.5 Å². The number of aryl methyl sites for hydroxylation is 1. The molecule has 0 heterocycles. The van der Waals surface area contributed by atoms with Gasteiger partial charge in [-0.1, -0.05) is 6.07 Å². The Morgan fingerprint density at radius 1 is 1.38 bits per heavy atom. The van der Waals surface area contributed by atoms with E-state index in [1.54, 1.807) is 25.3 Å². The number of rotatable bonds is 4. The molecule has 0 atom stereocenters. The molecule has 1 aromatic carbocycles. The van der Waals surface area contributed by atoms with Gasteiger partial charge in [-0.05, 0) is 18.1 Å². The predicted molar refractivity (Wildman–Crippen MR) is 68.1 cm³/mol. The highest BCUT2D eigenvalue weighted by Gasteiger charge is 2.06. The Morgan fingerprint density at radius 3 is 2.44 bits per heavy atom. The van der Waals surface area contributed by atoms with E-state index in [1.165, 1.54) is 6.26 Å². The van der Waals surface area contributed by atoms with Crippen LogP contribution in [0, 0.1) is 0 Å². The average Bonchev–Trinajstić information content (AvgIpc) is 2.14. The van der Waals surface area contributed by atoms with E-state index >= 15 is 0 Å². The Balaban J connectivity index is 0.00000225. The summed E-state index contributed by atoms with van der Waals surface area (Å²) in [7, 11) is -1.38. The first-order valence-corrected chi connectivity index (χ1v) is 6.58. The predicted octanol–water partition coefficient (Wildman–Crippen LogP) is 1.29. The lowest BCUT2D eigenvalue weighted by atomic mass is 10.1. The van der Waals surface area contributed by atoms with Gasteiger partial charge in [0.2, 0.25) is 0 Å². The third-order valence-corrected chi connectivity index (χ3v) is 3.04. The van der Waals surface area contributed by atoms with Crippen molar-refractivity contribution in [2.75, 3.05) is 24.9 Å². The number of sulfone groups is 1. The minimum atomic E-state index is -2.94. The molecule has 0 saturated carbocycles. The SMILES string of the molecule is COc1ccc(CCS(C)(=O)=O)c(N)c1.Cl. The average molecular weight is 266 g/mol. The highest BCUT2D eigenvalue weighted by molar-refractivity contribution is 7.90. The lowest BCUT2D eigenvalue weighted by Gasteiger charge is -2.06. The zero-order valence-electron chi connectivity index (χ0n) is 9.26. The monoisotopic (exact) mass is 265 g/mol. The van der Waals surface area contributed by atoms with Crippen LogP contribution in [0.15, 0.2) is 18.2 Å². The highest BCUT2D eigenvalue weighted by Crippen LogP contribution is 2.20. The van der Waals surface area contributed by atoms with Gasteiger partial charge in [-0.15, -0.1) is 12.4 Å². The van der Waals surface area contributed by atoms with Crippen molar-refractivity contribution in [3.8, 4) is 5.75 Å². The Hall–Kier alpha value is -0.940. The molecule has 0 radical (unpaired) electrons. The summed E-state index contributed by atoms with van der Waals surface area (Å²) in [6.45, 7) is 0. The molecule has 0 aromatic heterocycles. The molecule has 1 rings (SSSR count). The Bertz CT molecular complexity index is 445. The molecule has 0 fully saturated rings. The van der Waals surface area contributed by atoms with Crippen LogP contribution in [0.4, 0.5) is 5.69 Å². The summed E-state index contributed by atoms with van der Waals surface area (Å²) < 4.78 is 26.9. The summed E-state index contributed by atoms with van der Waals surface area (Å²) >= 11 is 0. The molecule has 0 bridgehead atoms. The summed E-state index contributed by atoms with van der Waals surface area (Å²) in [5.41, 5.74) is 7.15. The Kier molecular flexibility index (Phi) is 5.61. The number of anilines is 1. The van der Waals surface area contributed by atoms with Gasteiger partial charge in [-0.3, -0.25) is 0 Å². The number of nitrogen functional groups attached to an aromatic ring is 1. The molecule has 6 heteroatoms. The summed E-state index contributed by atoms with van der Waals surface area (Å²) in [6, 6.07) is 5.25. The van der Waals surface area contributed by atoms with Gasteiger partial charge in [0.25, 0.3) is 0 Å². The first-order chi connectivity index (χ1) is 6.92. The quantitative estimate of drug-likeness (QED) is 0.833. The molecule has 16 heavy (non-hydrogen) atoms. The van der Waals surface area contributed by atoms with Gasteiger partial charge in [-0.2, -0.15) is 0 Å². The fraction of sp³-hybridized carbons (Fsp3) is 0.400. The first-order valence-electron chi connectivity index (χ1n) is 4.52. The van der Waals surface area contributed by atoms with Crippen LogP contribution in [0.2, 0.25) is 0 Å². The lowest BCUT2D eigenvalue weighted by Crippen LogP contribution is -2.07. The first kappa shape index (κ1) is 15.1. The van der Waals surface area contributed by atoms with Gasteiger partial charge < -0.3 is 10.5 Å². The van der Waals surface area contributed by atoms with Gasteiger partial charge in [0, 0.05) is 18.0 Å². The van der Waals surface area contributed by atoms with E-state index in [9.17, 15) is 8.42 Å². The zero-order chi connectivity index (χ0) is 11.5. The lowest BCUT2D eigenvalue weighted by molar-refractivity contribution is 0.415. The molecule has 4 nitrogen and oxygen atoms in total. The van der Waals surface area contributed by atoms with Crippen LogP contribution >= 0.6 is 12.4 Å². The van der Waals surface area contributed by atoms with E-state index in [4.69, 9.17) is 10.5 Å². The summed E-state index contributed by atoms with van der Waals surface area (Å²) in [4.78, 5) is 0. The number of benzene rings is 1. The standard InChI is InChI=1S/C10H15NO3S.ClH/c1-14-9-4-3-8(10(11)7-9)5-6-15(2,12)13;/h3-4,7H,5-6,11H2,1-2H3;1H. The van der Waals surface area contributed by atoms with Crippen molar-refractivity contribution in [2.45, 2.75) is 6.42 Å². The number of methoxy groups -OCH3 is 1. The highest BCUT2D eigenvalue weighted by atomic mass is 35.5. The largest absolute Gasteiger partial charge is 0.497 e. The number of hydrogen-bond acceptors (Lipinski definition) is 4. The van der Waals surface area contributed by atoms with Crippen molar-refractivity contribution < 1.29 is 13.2 Å². The van der Waals surface area contributed by atoms with Crippen molar-refractivity contribution in [2.24, 2.45) is 0 Å². The molecule has 0 aliphatic rings. The Labute approximate surface area is 102 Å². The number of nitrogens with two attached hydrogens (primary N) is 1. The van der Waals surface area contributed by atoms with E-state index in [-0.39, 0.29) is 18.2 Å². The van der Waals surface area contributed by atoms with Gasteiger partial charge in [0.15, 0.2) is 0 Å². The zero-order valence-corrected chi connectivity index (χ0v) is 10.9. The number of ether oxygens (including phenoxy) is 1. The maximum absolute atomic E-state index is 11.0. The third kappa shape index (κ3) is 4.72. The van der Waals surface area contributed by atoms with Crippen LogP contribution in [0.5, 0.6) is 5.75 Å². The fourth-order valence-corrected chi connectivity index (χ4v) is 1.81. The molecule has 1 aromatic rings. The third-order valence-electron chi connectivity index (χ3n) is 2.10. The van der Waals surface area contributed by atoms with Crippen LogP contribution < -0.4 is 10.5 Å². The van der Waals surface area contributed by atoms with Crippen molar-refractivity contribution in [1.82, 2.24) is 0 Å². The van der Waals surface area contributed by atoms with Crippen LogP contribution in [-0.2, 0) is 16.3 Å². The van der Waals surface area contributed by atoms with Crippen molar-refractivity contribution >= 4 is 27.9 Å². The molecule has 0 spiro atoms. The second-order valence-electron chi connectivity index (χ2n) is 3.44. The maximum atomic E-state index is 11.0. The maximum Gasteiger partial charge on any atom is 0.147 e. The Morgan fingerprint density at radius 2 is 2.00 bits per heavy atom. The minimum absolute atomic E-state index is 0. The van der Waals surface area contributed by atoms with E-state index in [1.807, 2.05) is 0 Å². The fourth-order valence-electron chi connectivity index (χ4n) is 1.22. The normalized spacial score (nSPS) is 10.6. The summed E-state index contributed by atoms with van der Waals surface area (Å²) in [6.07, 6.45) is 1.65.